The summed E-state index contributed by atoms with van der Waals surface area (Å²) >= 11 is 0. The van der Waals surface area contributed by atoms with Gasteiger partial charge in [0.05, 0.1) is 0 Å². The normalized spacial score (nSPS) is 9.09. The summed E-state index contributed by atoms with van der Waals surface area (Å²) in [6, 6.07) is 0. The molecule has 11 heavy (non-hydrogen) atoms. The van der Waals surface area contributed by atoms with Crippen molar-refractivity contribution in [2.75, 3.05) is 0 Å². The van der Waals surface area contributed by atoms with Crippen molar-refractivity contribution in [3.8, 4) is 0 Å². The maximum atomic E-state index is 10.8. The van der Waals surface area contributed by atoms with Gasteiger partial charge in [0, 0.05) is 0 Å². The Labute approximate surface area is 67.5 Å². The molecule has 0 saturated carbocycles. The van der Waals surface area contributed by atoms with E-state index in [2.05, 4.69) is 10.2 Å². The molecule has 0 unspecified atom stereocenters. The van der Waals surface area contributed by atoms with Crippen molar-refractivity contribution in [3.63, 3.8) is 0 Å². The average molecular weight is 137 g/mol. The molecule has 0 saturated heterocycles. The number of aromatic nitrogens is 2. The van der Waals surface area contributed by atoms with Gasteiger partial charge in [0.25, 0.3) is 0 Å². The van der Waals surface area contributed by atoms with E-state index in [1.54, 1.807) is 0 Å². The second-order valence-corrected chi connectivity index (χ2v) is 1.93. The molecule has 1 aromatic rings. The fraction of sp³-hybridized carbons (Fsp3) is 0. The maximum absolute atomic E-state index is 10.8. The molecule has 0 aliphatic rings. The molecule has 4 radical (unpaired) electrons. The number of nitrogens with zero attached hydrogens (tertiary/aromatic N) is 1. The van der Waals surface area contributed by atoms with Crippen molar-refractivity contribution in [1.82, 2.24) is 10.2 Å². The Bertz CT molecular complexity index is 333. The van der Waals surface area contributed by atoms with Crippen LogP contribution in [0, 0.1) is 0 Å². The Kier molecular flexibility index (Phi) is 2.63. The molecule has 0 fully saturated rings. The van der Waals surface area contributed by atoms with Gasteiger partial charge in [-0.15, -0.1) is 0 Å². The van der Waals surface area contributed by atoms with Gasteiger partial charge in [-0.3, -0.25) is 0 Å². The second-order valence-electron chi connectivity index (χ2n) is 1.93. The molecule has 0 aliphatic carbocycles. The van der Waals surface area contributed by atoms with Crippen LogP contribution in [0.25, 0.3) is 0 Å². The van der Waals surface area contributed by atoms with Crippen LogP contribution in [0.2, 0.25) is 0 Å². The third kappa shape index (κ3) is 1.79. The molecular weight excluding hydrogens is 135 g/mol. The summed E-state index contributed by atoms with van der Waals surface area (Å²) < 4.78 is 0. The van der Waals surface area contributed by atoms with Crippen LogP contribution in [0.15, 0.2) is 11.0 Å². The number of nitrogens with one attached hydrogen (secondary N) is 1. The summed E-state index contributed by atoms with van der Waals surface area (Å²) in [4.78, 5) is 10.8. The van der Waals surface area contributed by atoms with Crippen LogP contribution in [0.4, 0.5) is 0 Å². The molecule has 3 nitrogen and oxygen atoms in total. The first kappa shape index (κ1) is 8.24. The Morgan fingerprint density at radius 3 is 3.00 bits per heavy atom. The number of aromatic amines is 1. The van der Waals surface area contributed by atoms with Crippen LogP contribution in [-0.2, 0) is 0 Å². The quantitative estimate of drug-likeness (QED) is 0.410. The molecule has 0 spiro atoms. The van der Waals surface area contributed by atoms with Crippen molar-refractivity contribution >= 4 is 40.0 Å². The molecule has 1 aromatic heterocycles. The number of rotatable bonds is 1. The van der Waals surface area contributed by atoms with Crippen molar-refractivity contribution in [2.45, 2.75) is 0 Å². The monoisotopic (exact) mass is 138 g/mol. The van der Waals surface area contributed by atoms with E-state index in [-0.39, 0.29) is 5.46 Å². The Hall–Kier alpha value is -0.860. The van der Waals surface area contributed by atoms with Gasteiger partial charge in [0.15, 0.2) is 0 Å². The zero-order valence-electron chi connectivity index (χ0n) is 5.74. The van der Waals surface area contributed by atoms with Crippen LogP contribution >= 0.6 is 0 Å². The van der Waals surface area contributed by atoms with Crippen LogP contribution in [0.5, 0.6) is 0 Å². The standard InChI is InChI=1S/C4H2B4N2O/c5-3-2(7-8-6)1-9-10-4(3)11/h1H,(H,10,11). The van der Waals surface area contributed by atoms with E-state index in [1.165, 1.54) is 19.7 Å². The molecule has 0 aliphatic heterocycles. The van der Waals surface area contributed by atoms with Gasteiger partial charge < -0.3 is 0 Å². The predicted octanol–water partition coefficient (Wildman–Crippen LogP) is -3.40. The predicted molar refractivity (Wildman–Crippen MR) is 47.1 cm³/mol. The number of hydrogen-bond donors (Lipinski definition) is 1. The fourth-order valence-corrected chi connectivity index (χ4v) is 0.658. The van der Waals surface area contributed by atoms with E-state index in [0.717, 1.165) is 0 Å². The van der Waals surface area contributed by atoms with Crippen molar-refractivity contribution in [3.05, 3.63) is 16.6 Å². The molecule has 1 N–H and O–H groups in total. The van der Waals surface area contributed by atoms with Crippen molar-refractivity contribution < 1.29 is 0 Å². The van der Waals surface area contributed by atoms with Gasteiger partial charge in [-0.2, -0.15) is 0 Å². The van der Waals surface area contributed by atoms with Gasteiger partial charge in [-0.1, -0.05) is 0 Å². The summed E-state index contributed by atoms with van der Waals surface area (Å²) in [5, 5.41) is 5.73. The van der Waals surface area contributed by atoms with Crippen LogP contribution in [-0.4, -0.2) is 39.3 Å². The summed E-state index contributed by atoms with van der Waals surface area (Å²) in [6.45, 7) is 2.81. The van der Waals surface area contributed by atoms with Crippen molar-refractivity contribution in [2.24, 2.45) is 0 Å². The third-order valence-electron chi connectivity index (χ3n) is 1.20. The number of H-pyrrole nitrogens is 1. The summed E-state index contributed by atoms with van der Waals surface area (Å²) in [5.74, 6) is 0. The SMILES string of the molecule is [B]B=Bc1cn[nH]c(=O)c1[B]. The van der Waals surface area contributed by atoms with E-state index in [0.29, 0.717) is 5.46 Å². The third-order valence-corrected chi connectivity index (χ3v) is 1.20. The van der Waals surface area contributed by atoms with Crippen molar-refractivity contribution in [1.29, 1.82) is 0 Å². The molecule has 0 atom stereocenters. The summed E-state index contributed by atoms with van der Waals surface area (Å²) in [5.41, 5.74) is 0.249. The zero-order valence-corrected chi connectivity index (χ0v) is 5.74. The number of hydrogen-bond acceptors (Lipinski definition) is 2. The molecule has 0 bridgehead atoms. The molecule has 46 valence electrons. The summed E-state index contributed by atoms with van der Waals surface area (Å²) in [6.07, 6.45) is 1.43. The Morgan fingerprint density at radius 2 is 2.36 bits per heavy atom. The van der Waals surface area contributed by atoms with Crippen LogP contribution < -0.4 is 16.5 Å². The van der Waals surface area contributed by atoms with Gasteiger partial charge in [-0.25, -0.2) is 0 Å². The van der Waals surface area contributed by atoms with E-state index >= 15 is 0 Å². The molecule has 0 amide bonds. The topological polar surface area (TPSA) is 45.8 Å². The van der Waals surface area contributed by atoms with E-state index in [4.69, 9.17) is 15.6 Å². The summed E-state index contributed by atoms with van der Waals surface area (Å²) in [7, 11) is 10.5. The molecule has 7 heteroatoms. The fourth-order valence-electron chi connectivity index (χ4n) is 0.658. The Morgan fingerprint density at radius 1 is 1.64 bits per heavy atom. The average Bonchev–Trinajstić information content (AvgIpc) is 1.99. The van der Waals surface area contributed by atoms with Gasteiger partial charge >= 0.3 is 66.8 Å². The van der Waals surface area contributed by atoms with Crippen LogP contribution in [0.1, 0.15) is 0 Å². The molecule has 1 heterocycles. The zero-order chi connectivity index (χ0) is 8.27. The van der Waals surface area contributed by atoms with Crippen LogP contribution in [0.3, 0.4) is 0 Å². The first-order chi connectivity index (χ1) is 5.25. The molecule has 1 rings (SSSR count). The minimum atomic E-state index is -0.402. The van der Waals surface area contributed by atoms with E-state index < -0.39 is 5.56 Å². The van der Waals surface area contributed by atoms with Gasteiger partial charge in [0.2, 0.25) is 0 Å². The Balaban J connectivity index is 3.27. The minimum absolute atomic E-state index is 0.127. The second kappa shape index (κ2) is 3.51. The van der Waals surface area contributed by atoms with Gasteiger partial charge in [-0.05, 0) is 0 Å². The first-order valence-electron chi connectivity index (χ1n) is 2.97. The molecule has 0 aromatic carbocycles. The van der Waals surface area contributed by atoms with Gasteiger partial charge in [0.1, 0.15) is 0 Å². The van der Waals surface area contributed by atoms with E-state index in [9.17, 15) is 4.79 Å². The first-order valence-corrected chi connectivity index (χ1v) is 2.97. The van der Waals surface area contributed by atoms with E-state index in [1.807, 2.05) is 0 Å². The molecular formula is C4H2B4N2O.